The molecule has 0 spiro atoms. The van der Waals surface area contributed by atoms with Crippen LogP contribution in [-0.2, 0) is 0 Å². The van der Waals surface area contributed by atoms with Crippen LogP contribution in [0.5, 0.6) is 11.5 Å². The highest BCUT2D eigenvalue weighted by Gasteiger charge is 2.12. The number of phenols is 1. The number of nitrogens with one attached hydrogen (secondary N) is 2. The van der Waals surface area contributed by atoms with E-state index in [1.54, 1.807) is 24.3 Å². The molecule has 3 aromatic rings. The van der Waals surface area contributed by atoms with Crippen molar-refractivity contribution in [1.82, 2.24) is 15.6 Å². The summed E-state index contributed by atoms with van der Waals surface area (Å²) in [4.78, 5) is 13.0. The van der Waals surface area contributed by atoms with Crippen molar-refractivity contribution in [3.8, 4) is 22.1 Å². The van der Waals surface area contributed by atoms with Crippen LogP contribution in [0, 0.1) is 0 Å². The molecule has 0 aliphatic carbocycles. The van der Waals surface area contributed by atoms with Crippen LogP contribution in [0.15, 0.2) is 41.5 Å². The van der Waals surface area contributed by atoms with Gasteiger partial charge in [-0.15, -0.1) is 11.3 Å². The summed E-state index contributed by atoms with van der Waals surface area (Å²) >= 11 is 7.30. The van der Waals surface area contributed by atoms with Crippen molar-refractivity contribution < 1.29 is 14.6 Å². The Morgan fingerprint density at radius 3 is 3.00 bits per heavy atom. The number of amides is 1. The summed E-state index contributed by atoms with van der Waals surface area (Å²) in [5.41, 5.74) is 3.99. The van der Waals surface area contributed by atoms with Crippen molar-refractivity contribution in [2.45, 2.75) is 6.92 Å². The SMILES string of the molecule is CCOc1cc(/C=N\NC(=O)c2cc(-c3ccc(Cl)s3)[nH]n2)ccc1O. The summed E-state index contributed by atoms with van der Waals surface area (Å²) in [6, 6.07) is 10.0. The van der Waals surface area contributed by atoms with Gasteiger partial charge in [0.25, 0.3) is 5.91 Å². The van der Waals surface area contributed by atoms with Gasteiger partial charge in [-0.25, -0.2) is 5.43 Å². The van der Waals surface area contributed by atoms with Gasteiger partial charge in [-0.05, 0) is 48.9 Å². The number of hydrogen-bond donors (Lipinski definition) is 3. The van der Waals surface area contributed by atoms with Crippen molar-refractivity contribution in [1.29, 1.82) is 0 Å². The fourth-order valence-electron chi connectivity index (χ4n) is 2.13. The number of carbonyl (C=O) groups is 1. The van der Waals surface area contributed by atoms with Crippen molar-refractivity contribution >= 4 is 35.1 Å². The molecule has 1 aromatic carbocycles. The van der Waals surface area contributed by atoms with E-state index in [2.05, 4.69) is 20.7 Å². The average Bonchev–Trinajstić information content (AvgIpc) is 3.27. The van der Waals surface area contributed by atoms with Gasteiger partial charge in [0.05, 0.1) is 27.7 Å². The maximum absolute atomic E-state index is 12.1. The molecular weight excluding hydrogens is 376 g/mol. The second-order valence-corrected chi connectivity index (χ2v) is 6.85. The van der Waals surface area contributed by atoms with E-state index in [0.717, 1.165) is 4.88 Å². The zero-order valence-electron chi connectivity index (χ0n) is 13.7. The zero-order valence-corrected chi connectivity index (χ0v) is 15.3. The third-order valence-electron chi connectivity index (χ3n) is 3.31. The van der Waals surface area contributed by atoms with E-state index in [1.165, 1.54) is 23.6 Å². The Kier molecular flexibility index (Phi) is 5.55. The molecule has 0 aliphatic heterocycles. The van der Waals surface area contributed by atoms with Crippen LogP contribution in [-0.4, -0.2) is 34.0 Å². The highest BCUT2D eigenvalue weighted by molar-refractivity contribution is 7.19. The number of nitrogens with zero attached hydrogens (tertiary/aromatic N) is 2. The Morgan fingerprint density at radius 1 is 1.42 bits per heavy atom. The number of carbonyl (C=O) groups excluding carboxylic acids is 1. The molecule has 0 atom stereocenters. The zero-order chi connectivity index (χ0) is 18.5. The van der Waals surface area contributed by atoms with Crippen molar-refractivity contribution in [3.63, 3.8) is 0 Å². The number of H-pyrrole nitrogens is 1. The number of aromatic amines is 1. The molecular formula is C17H15ClN4O3S. The Hall–Kier alpha value is -2.84. The maximum Gasteiger partial charge on any atom is 0.291 e. The molecule has 9 heteroatoms. The Bertz CT molecular complexity index is 951. The van der Waals surface area contributed by atoms with Crippen LogP contribution in [0.1, 0.15) is 23.0 Å². The molecule has 0 fully saturated rings. The fraction of sp³-hybridized carbons (Fsp3) is 0.118. The monoisotopic (exact) mass is 390 g/mol. The summed E-state index contributed by atoms with van der Waals surface area (Å²) in [5, 5.41) is 20.3. The molecule has 26 heavy (non-hydrogen) atoms. The molecule has 2 heterocycles. The molecule has 0 saturated heterocycles. The number of phenolic OH excluding ortho intramolecular Hbond substituents is 1. The first-order valence-corrected chi connectivity index (χ1v) is 8.86. The third kappa shape index (κ3) is 4.22. The molecule has 1 amide bonds. The molecule has 0 bridgehead atoms. The first-order valence-electron chi connectivity index (χ1n) is 7.67. The molecule has 0 saturated carbocycles. The lowest BCUT2D eigenvalue weighted by Crippen LogP contribution is -2.18. The van der Waals surface area contributed by atoms with Gasteiger partial charge in [-0.3, -0.25) is 9.89 Å². The lowest BCUT2D eigenvalue weighted by molar-refractivity contribution is 0.0950. The van der Waals surface area contributed by atoms with Gasteiger partial charge in [0.2, 0.25) is 0 Å². The molecule has 3 rings (SSSR count). The summed E-state index contributed by atoms with van der Waals surface area (Å²) < 4.78 is 5.96. The van der Waals surface area contributed by atoms with Crippen LogP contribution in [0.3, 0.4) is 0 Å². The predicted molar refractivity (Wildman–Crippen MR) is 101 cm³/mol. The van der Waals surface area contributed by atoms with Crippen molar-refractivity contribution in [3.05, 3.63) is 52.0 Å². The number of rotatable bonds is 6. The second-order valence-electron chi connectivity index (χ2n) is 5.13. The normalized spacial score (nSPS) is 11.0. The van der Waals surface area contributed by atoms with Gasteiger partial charge < -0.3 is 9.84 Å². The highest BCUT2D eigenvalue weighted by Crippen LogP contribution is 2.30. The smallest absolute Gasteiger partial charge is 0.291 e. The molecule has 2 aromatic heterocycles. The summed E-state index contributed by atoms with van der Waals surface area (Å²) in [7, 11) is 0. The van der Waals surface area contributed by atoms with E-state index >= 15 is 0 Å². The van der Waals surface area contributed by atoms with Gasteiger partial charge in [0, 0.05) is 0 Å². The van der Waals surface area contributed by atoms with Gasteiger partial charge in [-0.2, -0.15) is 10.2 Å². The fourth-order valence-corrected chi connectivity index (χ4v) is 3.14. The topological polar surface area (TPSA) is 99.6 Å². The van der Waals surface area contributed by atoms with Crippen LogP contribution in [0.25, 0.3) is 10.6 Å². The van der Waals surface area contributed by atoms with E-state index in [-0.39, 0.29) is 11.4 Å². The Labute approximate surface area is 158 Å². The number of hydrazone groups is 1. The summed E-state index contributed by atoms with van der Waals surface area (Å²) in [5.74, 6) is -0.0460. The van der Waals surface area contributed by atoms with Crippen molar-refractivity contribution in [2.75, 3.05) is 6.61 Å². The summed E-state index contributed by atoms with van der Waals surface area (Å²) in [6.07, 6.45) is 1.45. The highest BCUT2D eigenvalue weighted by atomic mass is 35.5. The Morgan fingerprint density at radius 2 is 2.27 bits per heavy atom. The summed E-state index contributed by atoms with van der Waals surface area (Å²) in [6.45, 7) is 2.25. The standard InChI is InChI=1S/C17H15ClN4O3S/c1-2-25-14-7-10(3-4-13(14)23)9-19-22-17(24)12-8-11(20-21-12)15-5-6-16(18)26-15/h3-9,23H,2H2,1H3,(H,20,21)(H,22,24)/b19-9-. The maximum atomic E-state index is 12.1. The molecule has 0 radical (unpaired) electrons. The lowest BCUT2D eigenvalue weighted by atomic mass is 10.2. The minimum Gasteiger partial charge on any atom is -0.504 e. The quantitative estimate of drug-likeness (QED) is 0.441. The van der Waals surface area contributed by atoms with E-state index in [9.17, 15) is 9.90 Å². The number of halogens is 1. The number of benzene rings is 1. The largest absolute Gasteiger partial charge is 0.504 e. The van der Waals surface area contributed by atoms with E-state index in [4.69, 9.17) is 16.3 Å². The molecule has 134 valence electrons. The van der Waals surface area contributed by atoms with Crippen LogP contribution in [0.4, 0.5) is 0 Å². The van der Waals surface area contributed by atoms with Gasteiger partial charge >= 0.3 is 0 Å². The van der Waals surface area contributed by atoms with Crippen LogP contribution < -0.4 is 10.2 Å². The minimum absolute atomic E-state index is 0.0470. The molecule has 7 nitrogen and oxygen atoms in total. The van der Waals surface area contributed by atoms with Gasteiger partial charge in [-0.1, -0.05) is 11.6 Å². The third-order valence-corrected chi connectivity index (χ3v) is 4.58. The number of aromatic hydroxyl groups is 1. The number of aromatic nitrogens is 2. The molecule has 0 unspecified atom stereocenters. The number of ether oxygens (including phenoxy) is 1. The van der Waals surface area contributed by atoms with Crippen molar-refractivity contribution in [2.24, 2.45) is 5.10 Å². The van der Waals surface area contributed by atoms with Crippen LogP contribution >= 0.6 is 22.9 Å². The first-order chi connectivity index (χ1) is 12.6. The second kappa shape index (κ2) is 8.03. The molecule has 3 N–H and O–H groups in total. The number of hydrogen-bond acceptors (Lipinski definition) is 6. The Balaban J connectivity index is 1.64. The predicted octanol–water partition coefficient (Wildman–Crippen LogP) is 3.66. The van der Waals surface area contributed by atoms with E-state index in [1.807, 2.05) is 13.0 Å². The van der Waals surface area contributed by atoms with E-state index < -0.39 is 5.91 Å². The lowest BCUT2D eigenvalue weighted by Gasteiger charge is -2.05. The number of thiophene rings is 1. The van der Waals surface area contributed by atoms with Gasteiger partial charge in [0.15, 0.2) is 17.2 Å². The average molecular weight is 391 g/mol. The van der Waals surface area contributed by atoms with E-state index in [0.29, 0.717) is 28.0 Å². The minimum atomic E-state index is -0.449. The first kappa shape index (κ1) is 18.0. The molecule has 0 aliphatic rings. The van der Waals surface area contributed by atoms with Gasteiger partial charge in [0.1, 0.15) is 0 Å². The van der Waals surface area contributed by atoms with Crippen LogP contribution in [0.2, 0.25) is 4.34 Å².